The van der Waals surface area contributed by atoms with Crippen molar-refractivity contribution >= 4 is 0 Å². The average Bonchev–Trinajstić information content (AvgIpc) is 2.33. The molecule has 0 saturated heterocycles. The molecule has 100 valence electrons. The van der Waals surface area contributed by atoms with E-state index in [1.807, 2.05) is 40.0 Å². The highest BCUT2D eigenvalue weighted by atomic mass is 16.1. The van der Waals surface area contributed by atoms with Crippen LogP contribution in [0.4, 0.5) is 0 Å². The van der Waals surface area contributed by atoms with Crippen LogP contribution in [0.2, 0.25) is 0 Å². The van der Waals surface area contributed by atoms with Gasteiger partial charge in [0.1, 0.15) is 5.82 Å². The van der Waals surface area contributed by atoms with Crippen LogP contribution in [0.3, 0.4) is 0 Å². The van der Waals surface area contributed by atoms with Gasteiger partial charge in [-0.2, -0.15) is 0 Å². The van der Waals surface area contributed by atoms with Gasteiger partial charge in [-0.1, -0.05) is 23.8 Å². The Hall–Kier alpha value is -1.94. The third kappa shape index (κ3) is 2.74. The molecular formula is C15H19N3O. The molecule has 0 amide bonds. The van der Waals surface area contributed by atoms with Crippen molar-refractivity contribution in [3.05, 3.63) is 50.9 Å². The number of aryl methyl sites for hydroxylation is 3. The predicted octanol–water partition coefficient (Wildman–Crippen LogP) is 2.08. The molecule has 4 heteroatoms. The first-order valence-electron chi connectivity index (χ1n) is 6.35. The molecule has 0 saturated carbocycles. The number of hydrogen-bond acceptors (Lipinski definition) is 3. The molecule has 2 N–H and O–H groups in total. The Balaban J connectivity index is 2.55. The summed E-state index contributed by atoms with van der Waals surface area (Å²) in [6, 6.07) is 6.12. The smallest absolute Gasteiger partial charge is 0.255 e. The van der Waals surface area contributed by atoms with Crippen molar-refractivity contribution < 1.29 is 0 Å². The predicted molar refractivity (Wildman–Crippen MR) is 77.3 cm³/mol. The molecule has 0 bridgehead atoms. The number of aromatic nitrogens is 2. The Morgan fingerprint density at radius 1 is 1.26 bits per heavy atom. The molecule has 4 nitrogen and oxygen atoms in total. The van der Waals surface area contributed by atoms with Crippen LogP contribution in [-0.2, 0) is 6.54 Å². The van der Waals surface area contributed by atoms with E-state index >= 15 is 0 Å². The lowest BCUT2D eigenvalue weighted by Crippen LogP contribution is -2.22. The summed E-state index contributed by atoms with van der Waals surface area (Å²) in [5, 5.41) is 2.98. The minimum absolute atomic E-state index is 0.0724. The summed E-state index contributed by atoms with van der Waals surface area (Å²) in [5.74, 6) is 0.639. The zero-order chi connectivity index (χ0) is 14.0. The quantitative estimate of drug-likeness (QED) is 0.885. The molecule has 1 heterocycles. The van der Waals surface area contributed by atoms with Gasteiger partial charge >= 0.3 is 0 Å². The molecule has 0 aliphatic heterocycles. The molecule has 0 aliphatic rings. The van der Waals surface area contributed by atoms with Crippen LogP contribution in [-0.4, -0.2) is 17.0 Å². The lowest BCUT2D eigenvalue weighted by atomic mass is 10.0. The Morgan fingerprint density at radius 3 is 2.58 bits per heavy atom. The zero-order valence-corrected chi connectivity index (χ0v) is 11.8. The molecule has 1 aromatic heterocycles. The zero-order valence-electron chi connectivity index (χ0n) is 11.8. The summed E-state index contributed by atoms with van der Waals surface area (Å²) in [6.45, 7) is 6.48. The minimum atomic E-state index is -0.0724. The van der Waals surface area contributed by atoms with Gasteiger partial charge in [0.05, 0.1) is 5.56 Å². The van der Waals surface area contributed by atoms with Gasteiger partial charge < -0.3 is 10.3 Å². The average molecular weight is 257 g/mol. The molecule has 0 spiro atoms. The second-order valence-electron chi connectivity index (χ2n) is 4.83. The van der Waals surface area contributed by atoms with Gasteiger partial charge in [-0.05, 0) is 33.4 Å². The van der Waals surface area contributed by atoms with E-state index < -0.39 is 0 Å². The fraction of sp³-hybridized carbons (Fsp3) is 0.333. The molecule has 0 aliphatic carbocycles. The Kier molecular flexibility index (Phi) is 3.81. The third-order valence-electron chi connectivity index (χ3n) is 3.21. The highest BCUT2D eigenvalue weighted by Crippen LogP contribution is 2.20. The maximum absolute atomic E-state index is 12.1. The first kappa shape index (κ1) is 13.5. The number of benzene rings is 1. The van der Waals surface area contributed by atoms with Gasteiger partial charge in [-0.3, -0.25) is 4.79 Å². The van der Waals surface area contributed by atoms with Crippen molar-refractivity contribution in [2.24, 2.45) is 0 Å². The van der Waals surface area contributed by atoms with Gasteiger partial charge in [-0.25, -0.2) is 4.98 Å². The lowest BCUT2D eigenvalue weighted by molar-refractivity contribution is 0.787. The van der Waals surface area contributed by atoms with Gasteiger partial charge in [0.2, 0.25) is 0 Å². The van der Waals surface area contributed by atoms with E-state index in [-0.39, 0.29) is 5.56 Å². The molecule has 0 fully saturated rings. The highest BCUT2D eigenvalue weighted by molar-refractivity contribution is 5.60. The van der Waals surface area contributed by atoms with E-state index in [1.54, 1.807) is 0 Å². The van der Waals surface area contributed by atoms with Crippen molar-refractivity contribution in [2.75, 3.05) is 7.05 Å². The maximum Gasteiger partial charge on any atom is 0.255 e. The van der Waals surface area contributed by atoms with Crippen molar-refractivity contribution in [3.8, 4) is 11.4 Å². The Morgan fingerprint density at radius 2 is 2.00 bits per heavy atom. The summed E-state index contributed by atoms with van der Waals surface area (Å²) in [4.78, 5) is 19.5. The first-order valence-corrected chi connectivity index (χ1v) is 6.35. The Bertz CT molecular complexity index is 659. The fourth-order valence-corrected chi connectivity index (χ4v) is 2.20. The monoisotopic (exact) mass is 257 g/mol. The van der Waals surface area contributed by atoms with E-state index in [0.29, 0.717) is 17.9 Å². The van der Waals surface area contributed by atoms with Crippen molar-refractivity contribution in [3.63, 3.8) is 0 Å². The number of H-pyrrole nitrogens is 1. The van der Waals surface area contributed by atoms with E-state index in [0.717, 1.165) is 16.8 Å². The summed E-state index contributed by atoms with van der Waals surface area (Å²) in [7, 11) is 1.82. The molecule has 2 aromatic rings. The number of rotatable bonds is 3. The molecule has 0 unspecified atom stereocenters. The summed E-state index contributed by atoms with van der Waals surface area (Å²) < 4.78 is 0. The van der Waals surface area contributed by atoms with Gasteiger partial charge in [0, 0.05) is 17.8 Å². The SMILES string of the molecule is CNCc1c(C)nc(-c2ccc(C)cc2C)[nH]c1=O. The second-order valence-corrected chi connectivity index (χ2v) is 4.83. The normalized spacial score (nSPS) is 10.7. The summed E-state index contributed by atoms with van der Waals surface area (Å²) in [5.41, 5.74) is 4.68. The van der Waals surface area contributed by atoms with Gasteiger partial charge in [0.25, 0.3) is 5.56 Å². The largest absolute Gasteiger partial charge is 0.315 e. The molecule has 0 radical (unpaired) electrons. The number of aromatic amines is 1. The van der Waals surface area contributed by atoms with E-state index in [2.05, 4.69) is 21.4 Å². The van der Waals surface area contributed by atoms with Gasteiger partial charge in [0.15, 0.2) is 0 Å². The van der Waals surface area contributed by atoms with Crippen LogP contribution in [0.25, 0.3) is 11.4 Å². The minimum Gasteiger partial charge on any atom is -0.315 e. The van der Waals surface area contributed by atoms with E-state index in [9.17, 15) is 4.79 Å². The lowest BCUT2D eigenvalue weighted by Gasteiger charge is -2.09. The van der Waals surface area contributed by atoms with Crippen LogP contribution < -0.4 is 10.9 Å². The van der Waals surface area contributed by atoms with Crippen LogP contribution in [0, 0.1) is 20.8 Å². The Labute approximate surface area is 112 Å². The maximum atomic E-state index is 12.1. The van der Waals surface area contributed by atoms with Crippen molar-refractivity contribution in [1.82, 2.24) is 15.3 Å². The molecular weight excluding hydrogens is 238 g/mol. The molecule has 0 atom stereocenters. The van der Waals surface area contributed by atoms with Crippen LogP contribution in [0.15, 0.2) is 23.0 Å². The van der Waals surface area contributed by atoms with Crippen molar-refractivity contribution in [1.29, 1.82) is 0 Å². The topological polar surface area (TPSA) is 57.8 Å². The number of nitrogens with zero attached hydrogens (tertiary/aromatic N) is 1. The van der Waals surface area contributed by atoms with E-state index in [1.165, 1.54) is 5.56 Å². The van der Waals surface area contributed by atoms with Gasteiger partial charge in [-0.15, -0.1) is 0 Å². The first-order chi connectivity index (χ1) is 9.02. The molecule has 2 rings (SSSR count). The standard InChI is InChI=1S/C15H19N3O/c1-9-5-6-12(10(2)7-9)14-17-11(3)13(8-16-4)15(19)18-14/h5-7,16H,8H2,1-4H3,(H,17,18,19). The van der Waals surface area contributed by atoms with Crippen LogP contribution in [0.1, 0.15) is 22.4 Å². The van der Waals surface area contributed by atoms with Crippen LogP contribution in [0.5, 0.6) is 0 Å². The van der Waals surface area contributed by atoms with Crippen LogP contribution >= 0.6 is 0 Å². The molecule has 19 heavy (non-hydrogen) atoms. The molecule has 1 aromatic carbocycles. The fourth-order valence-electron chi connectivity index (χ4n) is 2.20. The number of nitrogens with one attached hydrogen (secondary N) is 2. The van der Waals surface area contributed by atoms with Crippen molar-refractivity contribution in [2.45, 2.75) is 27.3 Å². The highest BCUT2D eigenvalue weighted by Gasteiger charge is 2.10. The third-order valence-corrected chi connectivity index (χ3v) is 3.21. The summed E-state index contributed by atoms with van der Waals surface area (Å²) in [6.07, 6.45) is 0. The van der Waals surface area contributed by atoms with E-state index in [4.69, 9.17) is 0 Å². The second kappa shape index (κ2) is 5.36. The number of hydrogen-bond donors (Lipinski definition) is 2. The summed E-state index contributed by atoms with van der Waals surface area (Å²) >= 11 is 0.